The van der Waals surface area contributed by atoms with Gasteiger partial charge in [0.25, 0.3) is 5.92 Å². The molecule has 114 valence electrons. The predicted octanol–water partition coefficient (Wildman–Crippen LogP) is 3.94. The number of halogens is 2. The van der Waals surface area contributed by atoms with E-state index in [0.29, 0.717) is 24.3 Å². The Labute approximate surface area is 127 Å². The van der Waals surface area contributed by atoms with Crippen LogP contribution in [0.25, 0.3) is 0 Å². The van der Waals surface area contributed by atoms with Crippen molar-refractivity contribution in [2.24, 2.45) is 5.92 Å². The standard InChI is InChI=1S/C18H16F2O2/c19-17(20)15(13-7-3-1-4-8-13)16(17)18(21-11-12-22-18)14-9-5-2-6-10-14/h1-10,15-16H,11-12H2. The van der Waals surface area contributed by atoms with Crippen molar-refractivity contribution in [1.29, 1.82) is 0 Å². The number of ether oxygens (including phenoxy) is 2. The zero-order valence-electron chi connectivity index (χ0n) is 11.9. The molecule has 1 saturated carbocycles. The van der Waals surface area contributed by atoms with Crippen molar-refractivity contribution in [3.05, 3.63) is 71.8 Å². The largest absolute Gasteiger partial charge is 0.343 e. The second-order valence-electron chi connectivity index (χ2n) is 5.77. The fourth-order valence-electron chi connectivity index (χ4n) is 3.50. The minimum absolute atomic E-state index is 0.336. The van der Waals surface area contributed by atoms with E-state index in [1.54, 1.807) is 36.4 Å². The third-order valence-corrected chi connectivity index (χ3v) is 4.51. The van der Waals surface area contributed by atoms with Gasteiger partial charge in [0, 0.05) is 5.56 Å². The molecule has 2 nitrogen and oxygen atoms in total. The van der Waals surface area contributed by atoms with Gasteiger partial charge in [0.2, 0.25) is 5.79 Å². The van der Waals surface area contributed by atoms with E-state index in [-0.39, 0.29) is 0 Å². The molecule has 0 N–H and O–H groups in total. The Morgan fingerprint density at radius 1 is 0.818 bits per heavy atom. The summed E-state index contributed by atoms with van der Waals surface area (Å²) in [4.78, 5) is 0. The molecule has 0 spiro atoms. The molecule has 0 amide bonds. The highest BCUT2D eigenvalue weighted by Gasteiger charge is 2.78. The fraction of sp³-hybridized carbons (Fsp3) is 0.333. The molecule has 4 rings (SSSR count). The Kier molecular flexibility index (Phi) is 3.06. The SMILES string of the molecule is FC1(F)C(c2ccccc2)C1C1(c2ccccc2)OCCO1. The summed E-state index contributed by atoms with van der Waals surface area (Å²) in [6.07, 6.45) is 0. The number of hydrogen-bond donors (Lipinski definition) is 0. The van der Waals surface area contributed by atoms with Crippen LogP contribution in [-0.2, 0) is 15.3 Å². The first-order chi connectivity index (χ1) is 10.7. The highest BCUT2D eigenvalue weighted by molar-refractivity contribution is 5.38. The molecule has 1 heterocycles. The molecule has 2 aromatic rings. The van der Waals surface area contributed by atoms with Crippen molar-refractivity contribution in [1.82, 2.24) is 0 Å². The zero-order valence-corrected chi connectivity index (χ0v) is 11.9. The average molecular weight is 302 g/mol. The minimum atomic E-state index is -2.83. The van der Waals surface area contributed by atoms with Gasteiger partial charge in [0.1, 0.15) is 0 Å². The molecule has 22 heavy (non-hydrogen) atoms. The molecule has 1 aliphatic heterocycles. The van der Waals surface area contributed by atoms with Gasteiger partial charge < -0.3 is 9.47 Å². The smallest absolute Gasteiger partial charge is 0.264 e. The minimum Gasteiger partial charge on any atom is -0.343 e. The lowest BCUT2D eigenvalue weighted by Crippen LogP contribution is -2.32. The lowest BCUT2D eigenvalue weighted by atomic mass is 9.97. The van der Waals surface area contributed by atoms with Gasteiger partial charge in [-0.1, -0.05) is 60.7 Å². The maximum Gasteiger partial charge on any atom is 0.264 e. The summed E-state index contributed by atoms with van der Waals surface area (Å²) >= 11 is 0. The van der Waals surface area contributed by atoms with E-state index in [9.17, 15) is 8.78 Å². The molecule has 4 heteroatoms. The number of hydrogen-bond acceptors (Lipinski definition) is 2. The van der Waals surface area contributed by atoms with Crippen LogP contribution in [0.3, 0.4) is 0 Å². The van der Waals surface area contributed by atoms with Gasteiger partial charge >= 0.3 is 0 Å². The Hall–Kier alpha value is -1.78. The first kappa shape index (κ1) is 13.9. The van der Waals surface area contributed by atoms with Crippen LogP contribution in [0.2, 0.25) is 0 Å². The van der Waals surface area contributed by atoms with E-state index in [2.05, 4.69) is 0 Å². The second kappa shape index (κ2) is 4.86. The van der Waals surface area contributed by atoms with Crippen LogP contribution in [0.5, 0.6) is 0 Å². The molecule has 2 aliphatic rings. The van der Waals surface area contributed by atoms with Crippen LogP contribution in [-0.4, -0.2) is 19.1 Å². The average Bonchev–Trinajstić information content (AvgIpc) is 2.91. The third-order valence-electron chi connectivity index (χ3n) is 4.51. The summed E-state index contributed by atoms with van der Waals surface area (Å²) < 4.78 is 40.6. The summed E-state index contributed by atoms with van der Waals surface area (Å²) in [5, 5.41) is 0. The van der Waals surface area contributed by atoms with Gasteiger partial charge in [-0.2, -0.15) is 0 Å². The van der Waals surface area contributed by atoms with Crippen molar-refractivity contribution >= 4 is 0 Å². The zero-order chi connectivity index (χ0) is 15.2. The van der Waals surface area contributed by atoms with Gasteiger partial charge in [0.05, 0.1) is 25.0 Å². The van der Waals surface area contributed by atoms with Crippen LogP contribution in [0.4, 0.5) is 8.78 Å². The molecule has 2 unspecified atom stereocenters. The van der Waals surface area contributed by atoms with E-state index < -0.39 is 23.5 Å². The Morgan fingerprint density at radius 3 is 1.95 bits per heavy atom. The Balaban J connectivity index is 1.76. The van der Waals surface area contributed by atoms with Crippen molar-refractivity contribution in [2.75, 3.05) is 13.2 Å². The van der Waals surface area contributed by atoms with Crippen LogP contribution in [0, 0.1) is 5.92 Å². The van der Waals surface area contributed by atoms with Crippen LogP contribution < -0.4 is 0 Å². The maximum absolute atomic E-state index is 14.6. The Morgan fingerprint density at radius 2 is 1.36 bits per heavy atom. The number of rotatable bonds is 3. The quantitative estimate of drug-likeness (QED) is 0.855. The molecule has 1 saturated heterocycles. The summed E-state index contributed by atoms with van der Waals surface area (Å²) in [5.41, 5.74) is 1.29. The highest BCUT2D eigenvalue weighted by Crippen LogP contribution is 2.69. The fourth-order valence-corrected chi connectivity index (χ4v) is 3.50. The van der Waals surface area contributed by atoms with Crippen molar-refractivity contribution in [2.45, 2.75) is 17.6 Å². The maximum atomic E-state index is 14.6. The number of alkyl halides is 2. The molecular weight excluding hydrogens is 286 g/mol. The molecule has 2 aromatic carbocycles. The third kappa shape index (κ3) is 1.91. The summed E-state index contributed by atoms with van der Waals surface area (Å²) in [6.45, 7) is 0.673. The van der Waals surface area contributed by atoms with Gasteiger partial charge in [-0.3, -0.25) is 0 Å². The van der Waals surface area contributed by atoms with Crippen molar-refractivity contribution in [3.63, 3.8) is 0 Å². The Bertz CT molecular complexity index is 651. The number of benzene rings is 2. The van der Waals surface area contributed by atoms with E-state index in [1.165, 1.54) is 0 Å². The molecule has 2 fully saturated rings. The monoisotopic (exact) mass is 302 g/mol. The first-order valence-electron chi connectivity index (χ1n) is 7.42. The predicted molar refractivity (Wildman–Crippen MR) is 77.6 cm³/mol. The van der Waals surface area contributed by atoms with E-state index in [0.717, 1.165) is 0 Å². The van der Waals surface area contributed by atoms with Crippen LogP contribution >= 0.6 is 0 Å². The molecule has 1 aliphatic carbocycles. The first-order valence-corrected chi connectivity index (χ1v) is 7.42. The van der Waals surface area contributed by atoms with Gasteiger partial charge in [-0.05, 0) is 5.56 Å². The molecular formula is C18H16F2O2. The van der Waals surface area contributed by atoms with E-state index in [4.69, 9.17) is 9.47 Å². The summed E-state index contributed by atoms with van der Waals surface area (Å²) in [7, 11) is 0. The van der Waals surface area contributed by atoms with Crippen molar-refractivity contribution < 1.29 is 18.3 Å². The lowest BCUT2D eigenvalue weighted by Gasteiger charge is -2.28. The lowest BCUT2D eigenvalue weighted by molar-refractivity contribution is -0.198. The molecule has 0 radical (unpaired) electrons. The normalized spacial score (nSPS) is 28.5. The second-order valence-corrected chi connectivity index (χ2v) is 5.77. The van der Waals surface area contributed by atoms with Crippen molar-refractivity contribution in [3.8, 4) is 0 Å². The van der Waals surface area contributed by atoms with Crippen LogP contribution in [0.15, 0.2) is 60.7 Å². The molecule has 0 aromatic heterocycles. The van der Waals surface area contributed by atoms with Gasteiger partial charge in [-0.15, -0.1) is 0 Å². The van der Waals surface area contributed by atoms with E-state index >= 15 is 0 Å². The van der Waals surface area contributed by atoms with Gasteiger partial charge in [-0.25, -0.2) is 8.78 Å². The van der Waals surface area contributed by atoms with E-state index in [1.807, 2.05) is 24.3 Å². The van der Waals surface area contributed by atoms with Gasteiger partial charge in [0.15, 0.2) is 0 Å². The molecule has 0 bridgehead atoms. The summed E-state index contributed by atoms with van der Waals surface area (Å²) in [6, 6.07) is 18.0. The topological polar surface area (TPSA) is 18.5 Å². The highest BCUT2D eigenvalue weighted by atomic mass is 19.3. The molecule has 2 atom stereocenters. The van der Waals surface area contributed by atoms with Crippen LogP contribution in [0.1, 0.15) is 17.0 Å². The summed E-state index contributed by atoms with van der Waals surface area (Å²) in [5.74, 6) is -6.04.